The standard InChI is InChI=1S/C19H18F6N4O4.C14H8F2N2O3/c20-14(5-10-7-27-18(26)28-8-10)13-6-11(1-2-15(13)33-17(21)22)16(31)29-12(9-30)3-4-32-19(23,24)25;15-14(16)21-12-4-3-11(13(19)20)5-10(12)2-1-9-6-17-8-18-7-9/h1-2,5-8,12,17,30H,3-4,9H2,(H,29,31)(H2,26,27,28);3-8,14H,(H,19,20)/b14-5-;/t12-;/m0./s1. The van der Waals surface area contributed by atoms with Crippen LogP contribution in [0.2, 0.25) is 0 Å². The minimum atomic E-state index is -4.88. The summed E-state index contributed by atoms with van der Waals surface area (Å²) in [4.78, 5) is 38.2. The number of hydrogen-bond donors (Lipinski definition) is 4. The summed E-state index contributed by atoms with van der Waals surface area (Å²) in [5.74, 6) is 1.20. The number of nitrogens with one attached hydrogen (secondary N) is 1. The van der Waals surface area contributed by atoms with Gasteiger partial charge in [-0.05, 0) is 48.9 Å². The van der Waals surface area contributed by atoms with Crippen molar-refractivity contribution in [2.45, 2.75) is 32.0 Å². The second-order valence-corrected chi connectivity index (χ2v) is 10.2. The largest absolute Gasteiger partial charge is 0.522 e. The van der Waals surface area contributed by atoms with Crippen molar-refractivity contribution in [2.75, 3.05) is 18.9 Å². The number of aliphatic hydroxyl groups excluding tert-OH is 1. The summed E-state index contributed by atoms with van der Waals surface area (Å²) < 4.78 is 113. The van der Waals surface area contributed by atoms with E-state index in [1.165, 1.54) is 31.1 Å². The Morgan fingerprint density at radius 2 is 1.52 bits per heavy atom. The van der Waals surface area contributed by atoms with E-state index < -0.39 is 67.9 Å². The zero-order chi connectivity index (χ0) is 39.8. The molecule has 0 bridgehead atoms. The zero-order valence-corrected chi connectivity index (χ0v) is 27.1. The fourth-order valence-corrected chi connectivity index (χ4v) is 3.96. The molecule has 54 heavy (non-hydrogen) atoms. The number of aromatic nitrogens is 4. The fourth-order valence-electron chi connectivity index (χ4n) is 3.96. The molecule has 2 aromatic heterocycles. The van der Waals surface area contributed by atoms with Gasteiger partial charge in [0.15, 0.2) is 0 Å². The third-order valence-corrected chi connectivity index (χ3v) is 6.33. The molecule has 4 rings (SSSR count). The predicted molar refractivity (Wildman–Crippen MR) is 172 cm³/mol. The number of aliphatic hydroxyl groups is 1. The highest BCUT2D eigenvalue weighted by Gasteiger charge is 2.29. The van der Waals surface area contributed by atoms with E-state index in [2.05, 4.69) is 51.3 Å². The smallest absolute Gasteiger partial charge is 0.478 e. The van der Waals surface area contributed by atoms with Crippen molar-refractivity contribution in [1.29, 1.82) is 0 Å². The SMILES string of the molecule is Nc1ncc(/C=C(\F)c2cc(C(=O)N[C@H](CO)CCOC(F)(F)F)ccc2OC(F)F)cn1.O=C(O)c1ccc(OC(F)F)c(C#Cc2cncnc2)c1. The molecule has 0 saturated heterocycles. The molecule has 1 atom stereocenters. The van der Waals surface area contributed by atoms with Crippen molar-refractivity contribution >= 4 is 29.7 Å². The number of aromatic carboxylic acids is 1. The van der Waals surface area contributed by atoms with Crippen molar-refractivity contribution in [1.82, 2.24) is 25.3 Å². The number of rotatable bonds is 13. The molecule has 2 heterocycles. The lowest BCUT2D eigenvalue weighted by molar-refractivity contribution is -0.325. The summed E-state index contributed by atoms with van der Waals surface area (Å²) in [5, 5.41) is 20.4. The first-order valence-electron chi connectivity index (χ1n) is 14.8. The first kappa shape index (κ1) is 42.0. The molecule has 2 aromatic carbocycles. The second-order valence-electron chi connectivity index (χ2n) is 10.2. The lowest BCUT2D eigenvalue weighted by Gasteiger charge is -2.17. The molecule has 13 nitrogen and oxygen atoms in total. The summed E-state index contributed by atoms with van der Waals surface area (Å²) >= 11 is 0. The number of nitrogen functional groups attached to an aromatic ring is 1. The Morgan fingerprint density at radius 1 is 0.907 bits per heavy atom. The number of alkyl halides is 7. The highest BCUT2D eigenvalue weighted by atomic mass is 19.4. The molecule has 0 saturated carbocycles. The van der Waals surface area contributed by atoms with Crippen molar-refractivity contribution in [3.63, 3.8) is 0 Å². The Balaban J connectivity index is 0.000000320. The van der Waals surface area contributed by atoms with Crippen LogP contribution < -0.4 is 20.5 Å². The molecule has 0 aliphatic heterocycles. The van der Waals surface area contributed by atoms with E-state index in [1.54, 1.807) is 0 Å². The van der Waals surface area contributed by atoms with E-state index in [0.717, 1.165) is 42.5 Å². The number of anilines is 1. The monoisotopic (exact) mass is 770 g/mol. The molecule has 4 aromatic rings. The summed E-state index contributed by atoms with van der Waals surface area (Å²) in [5.41, 5.74) is 5.14. The van der Waals surface area contributed by atoms with Gasteiger partial charge in [0.05, 0.1) is 41.5 Å². The van der Waals surface area contributed by atoms with Crippen LogP contribution in [0.4, 0.5) is 41.1 Å². The van der Waals surface area contributed by atoms with Crippen LogP contribution in [0, 0.1) is 11.8 Å². The van der Waals surface area contributed by atoms with Crippen LogP contribution in [0.5, 0.6) is 11.5 Å². The number of nitrogens with two attached hydrogens (primary N) is 1. The van der Waals surface area contributed by atoms with Gasteiger partial charge in [-0.25, -0.2) is 29.1 Å². The van der Waals surface area contributed by atoms with E-state index in [9.17, 15) is 49.8 Å². The Hall–Kier alpha value is -6.40. The average molecular weight is 771 g/mol. The van der Waals surface area contributed by atoms with Gasteiger partial charge in [-0.2, -0.15) is 17.6 Å². The number of carboxylic acid groups (broad SMARTS) is 1. The van der Waals surface area contributed by atoms with Gasteiger partial charge in [-0.15, -0.1) is 13.2 Å². The van der Waals surface area contributed by atoms with Crippen molar-refractivity contribution in [3.8, 4) is 23.3 Å². The summed E-state index contributed by atoms with van der Waals surface area (Å²) in [6.07, 6.45) is 2.16. The molecule has 5 N–H and O–H groups in total. The summed E-state index contributed by atoms with van der Waals surface area (Å²) in [6, 6.07) is 5.21. The normalized spacial score (nSPS) is 11.9. The molecular weight excluding hydrogens is 744 g/mol. The molecule has 0 aliphatic rings. The van der Waals surface area contributed by atoms with Gasteiger partial charge < -0.3 is 30.7 Å². The number of carbonyl (C=O) groups excluding carboxylic acids is 1. The summed E-state index contributed by atoms with van der Waals surface area (Å²) in [6.45, 7) is -7.86. The number of hydrogen-bond acceptors (Lipinski definition) is 11. The van der Waals surface area contributed by atoms with Crippen LogP contribution in [-0.4, -0.2) is 80.9 Å². The van der Waals surface area contributed by atoms with Gasteiger partial charge in [0.2, 0.25) is 5.95 Å². The van der Waals surface area contributed by atoms with Gasteiger partial charge in [0, 0.05) is 35.9 Å². The highest BCUT2D eigenvalue weighted by Crippen LogP contribution is 2.31. The predicted octanol–water partition coefficient (Wildman–Crippen LogP) is 5.32. The molecule has 1 amide bonds. The third kappa shape index (κ3) is 14.3. The van der Waals surface area contributed by atoms with E-state index in [4.69, 9.17) is 10.8 Å². The minimum absolute atomic E-state index is 0.0408. The van der Waals surface area contributed by atoms with Gasteiger partial charge in [-0.1, -0.05) is 11.8 Å². The number of nitrogens with zero attached hydrogens (tertiary/aromatic N) is 4. The van der Waals surface area contributed by atoms with E-state index in [0.29, 0.717) is 5.56 Å². The lowest BCUT2D eigenvalue weighted by Crippen LogP contribution is -2.38. The van der Waals surface area contributed by atoms with Crippen LogP contribution in [0.3, 0.4) is 0 Å². The second kappa shape index (κ2) is 20.0. The third-order valence-electron chi connectivity index (χ3n) is 6.33. The van der Waals surface area contributed by atoms with Crippen molar-refractivity contribution < 1.29 is 69.1 Å². The maximum absolute atomic E-state index is 14.8. The van der Waals surface area contributed by atoms with Gasteiger partial charge in [0.1, 0.15) is 23.7 Å². The topological polar surface area (TPSA) is 192 Å². The van der Waals surface area contributed by atoms with Crippen LogP contribution in [0.15, 0.2) is 67.5 Å². The van der Waals surface area contributed by atoms with Crippen LogP contribution in [0.1, 0.15) is 49.4 Å². The lowest BCUT2D eigenvalue weighted by atomic mass is 10.1. The first-order chi connectivity index (χ1) is 25.5. The van der Waals surface area contributed by atoms with Crippen molar-refractivity contribution in [2.24, 2.45) is 0 Å². The molecule has 0 fully saturated rings. The first-order valence-corrected chi connectivity index (χ1v) is 14.8. The molecular formula is C33H26F8N6O7. The van der Waals surface area contributed by atoms with E-state index in [1.807, 2.05) is 0 Å². The molecule has 0 aliphatic carbocycles. The molecule has 21 heteroatoms. The highest BCUT2D eigenvalue weighted by molar-refractivity contribution is 5.96. The number of carboxylic acids is 1. The molecule has 0 unspecified atom stereocenters. The minimum Gasteiger partial charge on any atom is -0.478 e. The molecule has 0 radical (unpaired) electrons. The average Bonchev–Trinajstić information content (AvgIpc) is 3.11. The van der Waals surface area contributed by atoms with Gasteiger partial charge in [0.25, 0.3) is 5.91 Å². The van der Waals surface area contributed by atoms with E-state index >= 15 is 0 Å². The van der Waals surface area contributed by atoms with E-state index in [-0.39, 0.29) is 40.4 Å². The Kier molecular flexibility index (Phi) is 15.6. The fraction of sp³-hybridized carbons (Fsp3) is 0.212. The van der Waals surface area contributed by atoms with Crippen LogP contribution in [-0.2, 0) is 4.74 Å². The number of carbonyl (C=O) groups is 2. The molecule has 286 valence electrons. The number of amides is 1. The quantitative estimate of drug-likeness (QED) is 0.101. The van der Waals surface area contributed by atoms with Crippen molar-refractivity contribution in [3.05, 3.63) is 101 Å². The van der Waals surface area contributed by atoms with Gasteiger partial charge >= 0.3 is 25.6 Å². The Bertz CT molecular complexity index is 1960. The maximum atomic E-state index is 14.8. The van der Waals surface area contributed by atoms with Gasteiger partial charge in [-0.3, -0.25) is 9.53 Å². The van der Waals surface area contributed by atoms with Crippen LogP contribution >= 0.6 is 0 Å². The summed E-state index contributed by atoms with van der Waals surface area (Å²) in [7, 11) is 0. The number of benzene rings is 2. The zero-order valence-electron chi connectivity index (χ0n) is 27.1. The Morgan fingerprint density at radius 3 is 2.11 bits per heavy atom. The number of ether oxygens (including phenoxy) is 3. The van der Waals surface area contributed by atoms with Crippen LogP contribution in [0.25, 0.3) is 11.9 Å². The maximum Gasteiger partial charge on any atom is 0.522 e. The Labute approximate surface area is 299 Å². The number of halogens is 8. The molecule has 0 spiro atoms.